The second-order valence-corrected chi connectivity index (χ2v) is 8.14. The van der Waals surface area contributed by atoms with Gasteiger partial charge in [-0.15, -0.1) is 0 Å². The average Bonchev–Trinajstić information content (AvgIpc) is 2.80. The smallest absolute Gasteiger partial charge is 0.339 e. The molecule has 11 nitrogen and oxygen atoms in total. The topological polar surface area (TPSA) is 150 Å². The highest BCUT2D eigenvalue weighted by molar-refractivity contribution is 7.87. The number of nitro benzene ring substituents is 1. The number of nitro groups is 1. The fourth-order valence-electron chi connectivity index (χ4n) is 2.67. The lowest BCUT2D eigenvalue weighted by Crippen LogP contribution is -2.17. The SMILES string of the molecule is COc1cc(C=NNC(=O)c2cccnc2)ccc1OS(=O)(=O)c1ccc(C)c([N+](=O)[O-])c1. The van der Waals surface area contributed by atoms with Crippen molar-refractivity contribution in [3.63, 3.8) is 0 Å². The Bertz CT molecular complexity index is 1330. The van der Waals surface area contributed by atoms with Crippen LogP contribution in [0.4, 0.5) is 5.69 Å². The maximum atomic E-state index is 12.6. The minimum atomic E-state index is -4.37. The molecule has 0 saturated heterocycles. The van der Waals surface area contributed by atoms with Gasteiger partial charge in [0.15, 0.2) is 11.5 Å². The number of benzene rings is 2. The van der Waals surface area contributed by atoms with Crippen molar-refractivity contribution >= 4 is 27.9 Å². The Balaban J connectivity index is 1.78. The number of carbonyl (C=O) groups is 1. The average molecular weight is 470 g/mol. The van der Waals surface area contributed by atoms with Gasteiger partial charge in [0.2, 0.25) is 0 Å². The van der Waals surface area contributed by atoms with Crippen molar-refractivity contribution in [3.05, 3.63) is 87.7 Å². The second-order valence-electron chi connectivity index (χ2n) is 6.59. The Morgan fingerprint density at radius 2 is 1.97 bits per heavy atom. The number of rotatable bonds is 8. The first-order valence-electron chi connectivity index (χ1n) is 9.32. The van der Waals surface area contributed by atoms with Gasteiger partial charge in [-0.05, 0) is 48.9 Å². The van der Waals surface area contributed by atoms with Gasteiger partial charge in [0.1, 0.15) is 4.90 Å². The maximum absolute atomic E-state index is 12.6. The first kappa shape index (κ1) is 23.3. The molecule has 3 aromatic rings. The van der Waals surface area contributed by atoms with Crippen molar-refractivity contribution in [1.82, 2.24) is 10.4 Å². The molecular weight excluding hydrogens is 452 g/mol. The van der Waals surface area contributed by atoms with Crippen LogP contribution in [-0.2, 0) is 10.1 Å². The summed E-state index contributed by atoms with van der Waals surface area (Å²) in [5.74, 6) is -0.510. The first-order chi connectivity index (χ1) is 15.7. The third-order valence-electron chi connectivity index (χ3n) is 4.36. The van der Waals surface area contributed by atoms with E-state index in [1.54, 1.807) is 12.1 Å². The summed E-state index contributed by atoms with van der Waals surface area (Å²) in [5, 5.41) is 15.0. The van der Waals surface area contributed by atoms with E-state index in [2.05, 4.69) is 15.5 Å². The van der Waals surface area contributed by atoms with Gasteiger partial charge in [-0.3, -0.25) is 19.9 Å². The van der Waals surface area contributed by atoms with Crippen LogP contribution in [0.25, 0.3) is 0 Å². The van der Waals surface area contributed by atoms with E-state index in [1.807, 2.05) is 0 Å². The minimum Gasteiger partial charge on any atom is -0.493 e. The van der Waals surface area contributed by atoms with Crippen LogP contribution < -0.4 is 14.3 Å². The van der Waals surface area contributed by atoms with Gasteiger partial charge in [-0.25, -0.2) is 5.43 Å². The van der Waals surface area contributed by atoms with E-state index in [-0.39, 0.29) is 22.1 Å². The molecule has 1 amide bonds. The van der Waals surface area contributed by atoms with Crippen molar-refractivity contribution in [2.24, 2.45) is 5.10 Å². The molecule has 0 bridgehead atoms. The molecule has 2 aromatic carbocycles. The molecule has 170 valence electrons. The molecule has 1 N–H and O–H groups in total. The summed E-state index contributed by atoms with van der Waals surface area (Å²) in [4.78, 5) is 25.9. The van der Waals surface area contributed by atoms with Crippen LogP contribution in [-0.4, -0.2) is 37.6 Å². The summed E-state index contributed by atoms with van der Waals surface area (Å²) in [5.41, 5.74) is 3.13. The van der Waals surface area contributed by atoms with E-state index in [4.69, 9.17) is 8.92 Å². The number of aromatic nitrogens is 1. The van der Waals surface area contributed by atoms with Crippen LogP contribution in [0, 0.1) is 17.0 Å². The molecule has 0 aliphatic heterocycles. The molecule has 33 heavy (non-hydrogen) atoms. The quantitative estimate of drug-likeness (QED) is 0.228. The van der Waals surface area contributed by atoms with E-state index in [0.717, 1.165) is 6.07 Å². The Hall–Kier alpha value is -4.32. The highest BCUT2D eigenvalue weighted by Gasteiger charge is 2.23. The Morgan fingerprint density at radius 3 is 2.64 bits per heavy atom. The largest absolute Gasteiger partial charge is 0.493 e. The lowest BCUT2D eigenvalue weighted by molar-refractivity contribution is -0.385. The highest BCUT2D eigenvalue weighted by atomic mass is 32.2. The molecule has 0 atom stereocenters. The molecule has 1 aromatic heterocycles. The third-order valence-corrected chi connectivity index (χ3v) is 5.59. The summed E-state index contributed by atoms with van der Waals surface area (Å²) in [6.45, 7) is 1.50. The lowest BCUT2D eigenvalue weighted by atomic mass is 10.2. The molecule has 0 aliphatic carbocycles. The van der Waals surface area contributed by atoms with Gasteiger partial charge in [0, 0.05) is 24.0 Å². The summed E-state index contributed by atoms with van der Waals surface area (Å²) >= 11 is 0. The van der Waals surface area contributed by atoms with Gasteiger partial charge in [-0.1, -0.05) is 6.07 Å². The number of hydrogen-bond acceptors (Lipinski definition) is 9. The van der Waals surface area contributed by atoms with Crippen LogP contribution in [0.3, 0.4) is 0 Å². The van der Waals surface area contributed by atoms with Gasteiger partial charge >= 0.3 is 10.1 Å². The Labute approximate surface area is 189 Å². The molecule has 0 unspecified atom stereocenters. The van der Waals surface area contributed by atoms with E-state index < -0.39 is 20.9 Å². The van der Waals surface area contributed by atoms with Crippen molar-refractivity contribution in [1.29, 1.82) is 0 Å². The molecule has 0 aliphatic rings. The van der Waals surface area contributed by atoms with Crippen molar-refractivity contribution in [3.8, 4) is 11.5 Å². The highest BCUT2D eigenvalue weighted by Crippen LogP contribution is 2.31. The number of amides is 1. The summed E-state index contributed by atoms with van der Waals surface area (Å²) in [6, 6.07) is 10.9. The zero-order chi connectivity index (χ0) is 24.0. The number of nitrogens with zero attached hydrogens (tertiary/aromatic N) is 3. The summed E-state index contributed by atoms with van der Waals surface area (Å²) in [7, 11) is -3.06. The van der Waals surface area contributed by atoms with Crippen LogP contribution in [0.15, 0.2) is 70.9 Å². The number of nitrogens with one attached hydrogen (secondary N) is 1. The zero-order valence-corrected chi connectivity index (χ0v) is 18.3. The fourth-order valence-corrected chi connectivity index (χ4v) is 3.63. The molecule has 0 saturated carbocycles. The van der Waals surface area contributed by atoms with E-state index in [9.17, 15) is 23.3 Å². The number of aryl methyl sites for hydroxylation is 1. The molecule has 1 heterocycles. The van der Waals surface area contributed by atoms with Gasteiger partial charge in [0.05, 0.1) is 23.8 Å². The van der Waals surface area contributed by atoms with Crippen LogP contribution >= 0.6 is 0 Å². The molecule has 0 radical (unpaired) electrons. The van der Waals surface area contributed by atoms with E-state index in [0.29, 0.717) is 16.7 Å². The standard InChI is InChI=1S/C21H18N4O7S/c1-14-5-7-17(11-18(14)25(27)28)33(29,30)32-19-8-6-15(10-20(19)31-2)12-23-24-21(26)16-4-3-9-22-13-16/h3-13H,1-2H3,(H,24,26). The predicted octanol–water partition coefficient (Wildman–Crippen LogP) is 2.84. The Kier molecular flexibility index (Phi) is 6.98. The van der Waals surface area contributed by atoms with Gasteiger partial charge in [0.25, 0.3) is 11.6 Å². The predicted molar refractivity (Wildman–Crippen MR) is 118 cm³/mol. The number of hydrogen-bond donors (Lipinski definition) is 1. The zero-order valence-electron chi connectivity index (χ0n) is 17.5. The third kappa shape index (κ3) is 5.68. The minimum absolute atomic E-state index is 0.0720. The van der Waals surface area contributed by atoms with E-state index >= 15 is 0 Å². The van der Waals surface area contributed by atoms with Gasteiger partial charge in [-0.2, -0.15) is 13.5 Å². The summed E-state index contributed by atoms with van der Waals surface area (Å²) in [6.07, 6.45) is 4.26. The molecular formula is C21H18N4O7S. The second kappa shape index (κ2) is 9.87. The van der Waals surface area contributed by atoms with Crippen molar-refractivity contribution < 1.29 is 27.1 Å². The monoisotopic (exact) mass is 470 g/mol. The fraction of sp³-hybridized carbons (Fsp3) is 0.0952. The number of hydrazone groups is 1. The van der Waals surface area contributed by atoms with Gasteiger partial charge < -0.3 is 8.92 Å². The molecule has 0 fully saturated rings. The number of methoxy groups -OCH3 is 1. The first-order valence-corrected chi connectivity index (χ1v) is 10.7. The molecule has 3 rings (SSSR count). The Morgan fingerprint density at radius 1 is 1.18 bits per heavy atom. The van der Waals surface area contributed by atoms with Crippen LogP contribution in [0.1, 0.15) is 21.5 Å². The normalized spacial score (nSPS) is 11.2. The van der Waals surface area contributed by atoms with Crippen molar-refractivity contribution in [2.45, 2.75) is 11.8 Å². The number of ether oxygens (including phenoxy) is 1. The number of carbonyl (C=O) groups excluding carboxylic acids is 1. The van der Waals surface area contributed by atoms with E-state index in [1.165, 1.54) is 63.0 Å². The van der Waals surface area contributed by atoms with Crippen LogP contribution in [0.2, 0.25) is 0 Å². The van der Waals surface area contributed by atoms with Crippen LogP contribution in [0.5, 0.6) is 11.5 Å². The number of pyridine rings is 1. The van der Waals surface area contributed by atoms with Crippen molar-refractivity contribution in [2.75, 3.05) is 7.11 Å². The molecule has 0 spiro atoms. The molecule has 12 heteroatoms. The lowest BCUT2D eigenvalue weighted by Gasteiger charge is -2.11. The summed E-state index contributed by atoms with van der Waals surface area (Å²) < 4.78 is 35.6. The maximum Gasteiger partial charge on any atom is 0.339 e.